The maximum absolute atomic E-state index is 5.66. The highest BCUT2D eigenvalue weighted by Gasteiger charge is 2.22. The van der Waals surface area contributed by atoms with Crippen LogP contribution in [0, 0.1) is 6.92 Å². The third kappa shape index (κ3) is 2.63. The number of nitrogens with two attached hydrogens (primary N) is 1. The van der Waals surface area contributed by atoms with Gasteiger partial charge < -0.3 is 10.5 Å². The number of nitrogens with zero attached hydrogens (tertiary/aromatic N) is 1. The zero-order valence-corrected chi connectivity index (χ0v) is 10.8. The van der Waals surface area contributed by atoms with Gasteiger partial charge in [0.05, 0.1) is 6.10 Å². The van der Waals surface area contributed by atoms with E-state index in [2.05, 4.69) is 17.9 Å². The van der Waals surface area contributed by atoms with Crippen LogP contribution in [0.3, 0.4) is 0 Å². The van der Waals surface area contributed by atoms with Crippen molar-refractivity contribution >= 4 is 11.3 Å². The van der Waals surface area contributed by atoms with Crippen LogP contribution < -0.4 is 5.73 Å². The molecule has 2 heterocycles. The second-order valence-corrected chi connectivity index (χ2v) is 5.72. The lowest BCUT2D eigenvalue weighted by Gasteiger charge is -2.15. The van der Waals surface area contributed by atoms with Gasteiger partial charge in [-0.3, -0.25) is 4.90 Å². The molecule has 1 fully saturated rings. The van der Waals surface area contributed by atoms with E-state index in [4.69, 9.17) is 10.5 Å². The molecule has 4 heteroatoms. The van der Waals surface area contributed by atoms with E-state index in [0.29, 0.717) is 12.6 Å². The smallest absolute Gasteiger partial charge is 0.0710 e. The Bertz CT molecular complexity index is 351. The molecule has 1 saturated heterocycles. The number of thiophene rings is 1. The van der Waals surface area contributed by atoms with Gasteiger partial charge in [-0.15, -0.1) is 11.3 Å². The number of aryl methyl sites for hydroxylation is 1. The third-order valence-electron chi connectivity index (χ3n) is 3.23. The molecule has 1 aliphatic heterocycles. The van der Waals surface area contributed by atoms with Crippen LogP contribution >= 0.6 is 11.3 Å². The first kappa shape index (κ1) is 12.0. The van der Waals surface area contributed by atoms with Gasteiger partial charge in [-0.25, -0.2) is 0 Å². The van der Waals surface area contributed by atoms with Crippen molar-refractivity contribution in [3.63, 3.8) is 0 Å². The molecule has 1 atom stereocenters. The Morgan fingerprint density at radius 1 is 1.62 bits per heavy atom. The first-order chi connectivity index (χ1) is 7.72. The molecule has 2 rings (SSSR count). The van der Waals surface area contributed by atoms with E-state index >= 15 is 0 Å². The summed E-state index contributed by atoms with van der Waals surface area (Å²) in [4.78, 5) is 5.15. The molecule has 0 radical (unpaired) electrons. The summed E-state index contributed by atoms with van der Waals surface area (Å²) < 4.78 is 5.38. The van der Waals surface area contributed by atoms with Crippen LogP contribution in [0.25, 0.3) is 0 Å². The summed E-state index contributed by atoms with van der Waals surface area (Å²) >= 11 is 1.82. The Labute approximate surface area is 101 Å². The van der Waals surface area contributed by atoms with Crippen LogP contribution in [0.5, 0.6) is 0 Å². The number of hydrogen-bond acceptors (Lipinski definition) is 4. The number of likely N-dealkylation sites (tertiary alicyclic amines) is 1. The summed E-state index contributed by atoms with van der Waals surface area (Å²) in [6.07, 6.45) is 1.58. The highest BCUT2D eigenvalue weighted by molar-refractivity contribution is 7.12. The zero-order chi connectivity index (χ0) is 11.5. The van der Waals surface area contributed by atoms with Gasteiger partial charge in [0.1, 0.15) is 0 Å². The van der Waals surface area contributed by atoms with Crippen molar-refractivity contribution in [1.29, 1.82) is 0 Å². The average Bonchev–Trinajstić information content (AvgIpc) is 2.87. The third-order valence-corrected chi connectivity index (χ3v) is 4.34. The lowest BCUT2D eigenvalue weighted by molar-refractivity contribution is 0.107. The van der Waals surface area contributed by atoms with E-state index in [-0.39, 0.29) is 0 Å². The Morgan fingerprint density at radius 2 is 2.44 bits per heavy atom. The van der Waals surface area contributed by atoms with Gasteiger partial charge in [-0.05, 0) is 25.0 Å². The van der Waals surface area contributed by atoms with Crippen LogP contribution in [0.4, 0.5) is 0 Å². The molecule has 3 nitrogen and oxygen atoms in total. The molecule has 0 bridgehead atoms. The van der Waals surface area contributed by atoms with Gasteiger partial charge in [0.15, 0.2) is 0 Å². The van der Waals surface area contributed by atoms with Crippen LogP contribution in [-0.2, 0) is 17.8 Å². The fraction of sp³-hybridized carbons (Fsp3) is 0.667. The van der Waals surface area contributed by atoms with E-state index in [0.717, 1.165) is 26.1 Å². The van der Waals surface area contributed by atoms with Gasteiger partial charge in [-0.1, -0.05) is 0 Å². The van der Waals surface area contributed by atoms with Crippen molar-refractivity contribution in [2.45, 2.75) is 32.5 Å². The Morgan fingerprint density at radius 3 is 3.00 bits per heavy atom. The maximum atomic E-state index is 5.66. The maximum Gasteiger partial charge on any atom is 0.0710 e. The molecule has 0 amide bonds. The van der Waals surface area contributed by atoms with Crippen molar-refractivity contribution in [1.82, 2.24) is 4.90 Å². The number of rotatable bonds is 4. The van der Waals surface area contributed by atoms with Crippen molar-refractivity contribution in [3.05, 3.63) is 21.4 Å². The van der Waals surface area contributed by atoms with Gasteiger partial charge in [0, 0.05) is 43.0 Å². The first-order valence-electron chi connectivity index (χ1n) is 5.76. The van der Waals surface area contributed by atoms with Crippen LogP contribution in [0.15, 0.2) is 6.07 Å². The Kier molecular flexibility index (Phi) is 3.97. The van der Waals surface area contributed by atoms with Crippen molar-refractivity contribution in [3.8, 4) is 0 Å². The monoisotopic (exact) mass is 240 g/mol. The molecule has 1 aromatic rings. The number of hydrogen-bond donors (Lipinski definition) is 1. The van der Waals surface area contributed by atoms with Crippen LogP contribution in [0.2, 0.25) is 0 Å². The van der Waals surface area contributed by atoms with Crippen molar-refractivity contribution < 1.29 is 4.74 Å². The molecule has 2 N–H and O–H groups in total. The standard InChI is InChI=1S/C12H20N2OS/c1-9-10(5-12(6-13)16-9)7-14-4-3-11(8-14)15-2/h5,11H,3-4,6-8,13H2,1-2H3. The molecular weight excluding hydrogens is 220 g/mol. The summed E-state index contributed by atoms with van der Waals surface area (Å²) in [7, 11) is 1.80. The molecule has 0 saturated carbocycles. The van der Waals surface area contributed by atoms with Crippen molar-refractivity contribution in [2.24, 2.45) is 5.73 Å². The molecule has 16 heavy (non-hydrogen) atoms. The van der Waals surface area contributed by atoms with E-state index in [1.807, 2.05) is 11.3 Å². The van der Waals surface area contributed by atoms with Gasteiger partial charge in [0.2, 0.25) is 0 Å². The average molecular weight is 240 g/mol. The molecule has 1 aliphatic rings. The second kappa shape index (κ2) is 5.27. The minimum Gasteiger partial charge on any atom is -0.380 e. The topological polar surface area (TPSA) is 38.5 Å². The largest absolute Gasteiger partial charge is 0.380 e. The van der Waals surface area contributed by atoms with E-state index in [9.17, 15) is 0 Å². The zero-order valence-electron chi connectivity index (χ0n) is 10.0. The highest BCUT2D eigenvalue weighted by atomic mass is 32.1. The number of ether oxygens (including phenoxy) is 1. The molecule has 0 aliphatic carbocycles. The summed E-state index contributed by atoms with van der Waals surface area (Å²) in [5.74, 6) is 0. The van der Waals surface area contributed by atoms with E-state index < -0.39 is 0 Å². The normalized spacial score (nSPS) is 21.8. The summed E-state index contributed by atoms with van der Waals surface area (Å²) in [6.45, 7) is 6.09. The minimum atomic E-state index is 0.424. The summed E-state index contributed by atoms with van der Waals surface area (Å²) in [5, 5.41) is 0. The summed E-state index contributed by atoms with van der Waals surface area (Å²) in [5.41, 5.74) is 7.09. The van der Waals surface area contributed by atoms with E-state index in [1.165, 1.54) is 15.3 Å². The summed E-state index contributed by atoms with van der Waals surface area (Å²) in [6, 6.07) is 2.25. The van der Waals surface area contributed by atoms with Crippen molar-refractivity contribution in [2.75, 3.05) is 20.2 Å². The Hall–Kier alpha value is -0.420. The quantitative estimate of drug-likeness (QED) is 0.871. The van der Waals surface area contributed by atoms with Gasteiger partial charge in [-0.2, -0.15) is 0 Å². The lowest BCUT2D eigenvalue weighted by atomic mass is 10.2. The molecular formula is C12H20N2OS. The minimum absolute atomic E-state index is 0.424. The van der Waals surface area contributed by atoms with Gasteiger partial charge in [0.25, 0.3) is 0 Å². The molecule has 1 aromatic heterocycles. The predicted octanol–water partition coefficient (Wildman–Crippen LogP) is 1.74. The Balaban J connectivity index is 1.96. The SMILES string of the molecule is COC1CCN(Cc2cc(CN)sc2C)C1. The predicted molar refractivity (Wildman–Crippen MR) is 67.6 cm³/mol. The second-order valence-electron chi connectivity index (χ2n) is 4.38. The molecule has 1 unspecified atom stereocenters. The molecule has 0 aromatic carbocycles. The fourth-order valence-electron chi connectivity index (χ4n) is 2.22. The van der Waals surface area contributed by atoms with Gasteiger partial charge >= 0.3 is 0 Å². The lowest BCUT2D eigenvalue weighted by Crippen LogP contribution is -2.22. The fourth-order valence-corrected chi connectivity index (χ4v) is 3.15. The van der Waals surface area contributed by atoms with E-state index in [1.54, 1.807) is 7.11 Å². The van der Waals surface area contributed by atoms with Crippen LogP contribution in [0.1, 0.15) is 21.7 Å². The highest BCUT2D eigenvalue weighted by Crippen LogP contribution is 2.24. The van der Waals surface area contributed by atoms with Crippen LogP contribution in [-0.4, -0.2) is 31.2 Å². The first-order valence-corrected chi connectivity index (χ1v) is 6.58. The molecule has 90 valence electrons. The molecule has 0 spiro atoms. The number of methoxy groups -OCH3 is 1.